The molecule has 0 unspecified atom stereocenters. The zero-order chi connectivity index (χ0) is 21.5. The number of aliphatic hydroxyl groups is 2. The van der Waals surface area contributed by atoms with Crippen LogP contribution in [-0.2, 0) is 4.74 Å². The van der Waals surface area contributed by atoms with Gasteiger partial charge in [0.1, 0.15) is 60.2 Å². The standard InChI is InChI=1S/C21H18N6O4/c22-8-12-3-1-11-2-4-13(7-15(11)26-12)30-9-16-17(28)18(29)21(31-16)27-6-5-14-19(23)24-10-25-20(14)27/h1-7,10,16-18,21,28-29H,9H2,(H2,23,24,25)/t16-,17-,18-,21-/m1/s1. The van der Waals surface area contributed by atoms with Crippen molar-refractivity contribution in [2.45, 2.75) is 24.5 Å². The van der Waals surface area contributed by atoms with Crippen molar-refractivity contribution in [1.29, 1.82) is 5.26 Å². The molecule has 1 fully saturated rings. The molecule has 0 radical (unpaired) electrons. The number of benzene rings is 1. The number of pyridine rings is 1. The van der Waals surface area contributed by atoms with Crippen LogP contribution in [0, 0.1) is 11.3 Å². The summed E-state index contributed by atoms with van der Waals surface area (Å²) >= 11 is 0. The van der Waals surface area contributed by atoms with Gasteiger partial charge in [0.15, 0.2) is 6.23 Å². The van der Waals surface area contributed by atoms with Crippen LogP contribution in [0.5, 0.6) is 5.75 Å². The van der Waals surface area contributed by atoms with Gasteiger partial charge in [0, 0.05) is 17.6 Å². The first-order chi connectivity index (χ1) is 15.0. The van der Waals surface area contributed by atoms with E-state index in [4.69, 9.17) is 20.5 Å². The predicted molar refractivity (Wildman–Crippen MR) is 110 cm³/mol. The fraction of sp³-hybridized carbons (Fsp3) is 0.238. The van der Waals surface area contributed by atoms with Crippen LogP contribution in [0.15, 0.2) is 48.9 Å². The molecule has 156 valence electrons. The summed E-state index contributed by atoms with van der Waals surface area (Å²) in [6.07, 6.45) is -0.959. The summed E-state index contributed by atoms with van der Waals surface area (Å²) in [5, 5.41) is 31.6. The monoisotopic (exact) mass is 418 g/mol. The van der Waals surface area contributed by atoms with Gasteiger partial charge in [0.05, 0.1) is 10.9 Å². The number of hydrogen-bond donors (Lipinski definition) is 3. The number of nitrogens with two attached hydrogens (primary N) is 1. The fourth-order valence-electron chi connectivity index (χ4n) is 3.72. The minimum atomic E-state index is -1.18. The normalized spacial score (nSPS) is 23.3. The summed E-state index contributed by atoms with van der Waals surface area (Å²) in [5.41, 5.74) is 7.30. The minimum absolute atomic E-state index is 0.00843. The smallest absolute Gasteiger partial charge is 0.164 e. The number of aromatic nitrogens is 4. The van der Waals surface area contributed by atoms with E-state index in [1.165, 1.54) is 6.33 Å². The second-order valence-electron chi connectivity index (χ2n) is 7.24. The summed E-state index contributed by atoms with van der Waals surface area (Å²) in [6.45, 7) is 0.00843. The molecule has 1 aromatic carbocycles. The molecule has 5 rings (SSSR count). The third kappa shape index (κ3) is 3.30. The zero-order valence-electron chi connectivity index (χ0n) is 16.2. The lowest BCUT2D eigenvalue weighted by atomic mass is 10.1. The van der Waals surface area contributed by atoms with Crippen molar-refractivity contribution in [3.8, 4) is 11.8 Å². The van der Waals surface area contributed by atoms with E-state index in [0.717, 1.165) is 5.39 Å². The molecule has 0 bridgehead atoms. The van der Waals surface area contributed by atoms with Gasteiger partial charge >= 0.3 is 0 Å². The van der Waals surface area contributed by atoms with Gasteiger partial charge in [-0.25, -0.2) is 15.0 Å². The van der Waals surface area contributed by atoms with E-state index in [2.05, 4.69) is 15.0 Å². The summed E-state index contributed by atoms with van der Waals surface area (Å²) < 4.78 is 13.3. The first kappa shape index (κ1) is 19.2. The average molecular weight is 418 g/mol. The van der Waals surface area contributed by atoms with Gasteiger partial charge < -0.3 is 30.0 Å². The highest BCUT2D eigenvalue weighted by molar-refractivity contribution is 5.86. The maximum atomic E-state index is 10.6. The number of hydrogen-bond acceptors (Lipinski definition) is 9. The molecule has 1 aliphatic heterocycles. The Bertz CT molecular complexity index is 1320. The van der Waals surface area contributed by atoms with Gasteiger partial charge in [-0.05, 0) is 30.3 Å². The number of nitrogen functional groups attached to an aromatic ring is 1. The lowest BCUT2D eigenvalue weighted by Crippen LogP contribution is -2.34. The van der Waals surface area contributed by atoms with Crippen LogP contribution >= 0.6 is 0 Å². The Morgan fingerprint density at radius 3 is 2.84 bits per heavy atom. The molecule has 10 nitrogen and oxygen atoms in total. The lowest BCUT2D eigenvalue weighted by Gasteiger charge is -2.17. The van der Waals surface area contributed by atoms with E-state index in [1.807, 2.05) is 18.2 Å². The number of nitriles is 1. The van der Waals surface area contributed by atoms with Gasteiger partial charge in [-0.2, -0.15) is 5.26 Å². The van der Waals surface area contributed by atoms with Crippen molar-refractivity contribution in [1.82, 2.24) is 19.5 Å². The zero-order valence-corrected chi connectivity index (χ0v) is 16.2. The van der Waals surface area contributed by atoms with Crippen molar-refractivity contribution in [3.05, 3.63) is 54.6 Å². The molecule has 4 atom stereocenters. The number of aliphatic hydroxyl groups excluding tert-OH is 2. The lowest BCUT2D eigenvalue weighted by molar-refractivity contribution is -0.0471. The SMILES string of the molecule is N#Cc1ccc2ccc(OC[C@H]3O[C@@H](n4ccc5c(N)ncnc54)[C@H](O)[C@@H]3O)cc2n1. The largest absolute Gasteiger partial charge is 0.491 e. The molecule has 4 aromatic rings. The van der Waals surface area contributed by atoms with E-state index in [1.54, 1.807) is 35.0 Å². The Labute approximate surface area is 176 Å². The molecular formula is C21H18N6O4. The topological polar surface area (TPSA) is 152 Å². The van der Waals surface area contributed by atoms with E-state index in [-0.39, 0.29) is 6.61 Å². The van der Waals surface area contributed by atoms with Gasteiger partial charge in [-0.3, -0.25) is 0 Å². The van der Waals surface area contributed by atoms with Crippen molar-refractivity contribution < 1.29 is 19.7 Å². The highest BCUT2D eigenvalue weighted by atomic mass is 16.6. The molecule has 1 saturated heterocycles. The van der Waals surface area contributed by atoms with E-state index in [0.29, 0.717) is 33.8 Å². The van der Waals surface area contributed by atoms with Gasteiger partial charge in [0.25, 0.3) is 0 Å². The molecule has 10 heteroatoms. The van der Waals surface area contributed by atoms with Gasteiger partial charge in [-0.15, -0.1) is 0 Å². The third-order valence-electron chi connectivity index (χ3n) is 5.34. The molecule has 4 N–H and O–H groups in total. The molecule has 1 aliphatic rings. The number of nitrogens with zero attached hydrogens (tertiary/aromatic N) is 5. The minimum Gasteiger partial charge on any atom is -0.491 e. The fourth-order valence-corrected chi connectivity index (χ4v) is 3.72. The Morgan fingerprint density at radius 2 is 2.00 bits per heavy atom. The molecule has 0 aliphatic carbocycles. The Kier molecular flexibility index (Phi) is 4.63. The highest BCUT2D eigenvalue weighted by Gasteiger charge is 2.44. The summed E-state index contributed by atoms with van der Waals surface area (Å²) in [4.78, 5) is 12.4. The van der Waals surface area contributed by atoms with Crippen molar-refractivity contribution >= 4 is 27.8 Å². The Balaban J connectivity index is 1.34. The predicted octanol–water partition coefficient (Wildman–Crippen LogP) is 1.13. The molecule has 0 saturated carbocycles. The van der Waals surface area contributed by atoms with Gasteiger partial charge in [0.2, 0.25) is 0 Å². The number of fused-ring (bicyclic) bond motifs is 2. The third-order valence-corrected chi connectivity index (χ3v) is 5.34. The van der Waals surface area contributed by atoms with E-state index < -0.39 is 24.5 Å². The number of ether oxygens (including phenoxy) is 2. The molecule has 0 amide bonds. The Morgan fingerprint density at radius 1 is 1.16 bits per heavy atom. The molecule has 31 heavy (non-hydrogen) atoms. The van der Waals surface area contributed by atoms with Crippen molar-refractivity contribution in [3.63, 3.8) is 0 Å². The maximum absolute atomic E-state index is 10.6. The summed E-state index contributed by atoms with van der Waals surface area (Å²) in [6, 6.07) is 12.5. The molecule has 4 heterocycles. The van der Waals surface area contributed by atoms with Crippen molar-refractivity contribution in [2.24, 2.45) is 0 Å². The van der Waals surface area contributed by atoms with Crippen LogP contribution in [0.2, 0.25) is 0 Å². The van der Waals surface area contributed by atoms with Crippen LogP contribution in [-0.4, -0.2) is 54.7 Å². The first-order valence-corrected chi connectivity index (χ1v) is 9.57. The summed E-state index contributed by atoms with van der Waals surface area (Å²) in [7, 11) is 0. The number of anilines is 1. The number of rotatable bonds is 4. The second kappa shape index (κ2) is 7.48. The second-order valence-corrected chi connectivity index (χ2v) is 7.24. The maximum Gasteiger partial charge on any atom is 0.164 e. The van der Waals surface area contributed by atoms with Crippen molar-refractivity contribution in [2.75, 3.05) is 12.3 Å². The van der Waals surface area contributed by atoms with Crippen LogP contribution in [0.25, 0.3) is 21.9 Å². The molecular weight excluding hydrogens is 400 g/mol. The highest BCUT2D eigenvalue weighted by Crippen LogP contribution is 2.33. The summed E-state index contributed by atoms with van der Waals surface area (Å²) in [5.74, 6) is 0.830. The van der Waals surface area contributed by atoms with E-state index in [9.17, 15) is 10.2 Å². The van der Waals surface area contributed by atoms with Gasteiger partial charge in [-0.1, -0.05) is 0 Å². The van der Waals surface area contributed by atoms with Crippen LogP contribution in [0.1, 0.15) is 11.9 Å². The first-order valence-electron chi connectivity index (χ1n) is 9.57. The molecule has 3 aromatic heterocycles. The quantitative estimate of drug-likeness (QED) is 0.443. The van der Waals surface area contributed by atoms with E-state index >= 15 is 0 Å². The van der Waals surface area contributed by atoms with Crippen LogP contribution in [0.3, 0.4) is 0 Å². The Hall–Kier alpha value is -3.78. The average Bonchev–Trinajstić information content (AvgIpc) is 3.34. The van der Waals surface area contributed by atoms with Crippen LogP contribution in [0.4, 0.5) is 5.82 Å². The molecule has 0 spiro atoms. The van der Waals surface area contributed by atoms with Crippen LogP contribution < -0.4 is 10.5 Å².